The number of rotatable bonds is 4. The Morgan fingerprint density at radius 2 is 2.32 bits per heavy atom. The number of hydrogen-bond acceptors (Lipinski definition) is 4. The Bertz CT molecular complexity index is 400. The summed E-state index contributed by atoms with van der Waals surface area (Å²) in [4.78, 5) is 18.0. The zero-order valence-electron chi connectivity index (χ0n) is 10.8. The normalized spacial score (nSPS) is 19.2. The highest BCUT2D eigenvalue weighted by atomic mass is 32.2. The largest absolute Gasteiger partial charge is 0.396 e. The Morgan fingerprint density at radius 1 is 1.53 bits per heavy atom. The van der Waals surface area contributed by atoms with Crippen molar-refractivity contribution in [2.24, 2.45) is 0 Å². The van der Waals surface area contributed by atoms with Gasteiger partial charge in [-0.15, -0.1) is 0 Å². The van der Waals surface area contributed by atoms with Crippen LogP contribution in [0, 0.1) is 0 Å². The van der Waals surface area contributed by atoms with Gasteiger partial charge in [0.2, 0.25) is 0 Å². The molecule has 0 aromatic carbocycles. The molecule has 0 saturated carbocycles. The lowest BCUT2D eigenvalue weighted by atomic mass is 10.2. The average Bonchev–Trinajstić information content (AvgIpc) is 2.47. The fourth-order valence-corrected chi connectivity index (χ4v) is 3.20. The Labute approximate surface area is 117 Å². The average molecular weight is 281 g/mol. The van der Waals surface area contributed by atoms with Crippen molar-refractivity contribution in [3.63, 3.8) is 0 Å². The fraction of sp³-hybridized carbons (Fsp3) is 0.538. The lowest BCUT2D eigenvalue weighted by Gasteiger charge is -2.35. The highest BCUT2D eigenvalue weighted by Gasteiger charge is 2.26. The summed E-state index contributed by atoms with van der Waals surface area (Å²) in [5, 5.41) is 12.0. The van der Waals surface area contributed by atoms with Crippen molar-refractivity contribution >= 4 is 17.8 Å². The smallest absolute Gasteiger partial charge is 0.317 e. The van der Waals surface area contributed by atoms with Crippen LogP contribution in [0.5, 0.6) is 0 Å². The Morgan fingerprint density at radius 3 is 3.05 bits per heavy atom. The molecule has 2 heterocycles. The minimum atomic E-state index is -0.0458. The van der Waals surface area contributed by atoms with Gasteiger partial charge in [-0.3, -0.25) is 4.98 Å². The van der Waals surface area contributed by atoms with Crippen LogP contribution in [0.1, 0.15) is 12.0 Å². The summed E-state index contributed by atoms with van der Waals surface area (Å²) in [6.45, 7) is 1.38. The van der Waals surface area contributed by atoms with Crippen molar-refractivity contribution in [1.82, 2.24) is 15.2 Å². The maximum absolute atomic E-state index is 12.2. The molecular formula is C13H19N3O2S. The van der Waals surface area contributed by atoms with E-state index in [1.165, 1.54) is 0 Å². The van der Waals surface area contributed by atoms with E-state index in [4.69, 9.17) is 5.11 Å². The van der Waals surface area contributed by atoms with Crippen molar-refractivity contribution in [2.75, 3.05) is 24.7 Å². The maximum atomic E-state index is 12.2. The minimum absolute atomic E-state index is 0.0458. The predicted molar refractivity (Wildman–Crippen MR) is 76.0 cm³/mol. The number of pyridine rings is 1. The second kappa shape index (κ2) is 7.35. The molecule has 1 aromatic rings. The first-order valence-electron chi connectivity index (χ1n) is 6.43. The monoisotopic (exact) mass is 281 g/mol. The molecule has 104 valence electrons. The number of carbonyl (C=O) groups is 1. The van der Waals surface area contributed by atoms with Gasteiger partial charge in [-0.05, 0) is 24.1 Å². The van der Waals surface area contributed by atoms with Crippen molar-refractivity contribution < 1.29 is 9.90 Å². The molecule has 0 aliphatic carbocycles. The zero-order chi connectivity index (χ0) is 13.5. The number of aliphatic hydroxyl groups excluding tert-OH is 1. The van der Waals surface area contributed by atoms with Crippen molar-refractivity contribution in [1.29, 1.82) is 0 Å². The van der Waals surface area contributed by atoms with E-state index in [-0.39, 0.29) is 18.7 Å². The molecule has 1 aliphatic heterocycles. The van der Waals surface area contributed by atoms with Crippen LogP contribution < -0.4 is 5.32 Å². The van der Waals surface area contributed by atoms with Gasteiger partial charge in [0.25, 0.3) is 0 Å². The zero-order valence-corrected chi connectivity index (χ0v) is 11.6. The number of nitrogens with one attached hydrogen (secondary N) is 1. The van der Waals surface area contributed by atoms with E-state index in [0.717, 1.165) is 23.6 Å². The number of nitrogens with zero attached hydrogens (tertiary/aromatic N) is 2. The quantitative estimate of drug-likeness (QED) is 0.867. The predicted octanol–water partition coefficient (Wildman–Crippen LogP) is 1.09. The van der Waals surface area contributed by atoms with Gasteiger partial charge in [-0.25, -0.2) is 4.79 Å². The first-order valence-corrected chi connectivity index (χ1v) is 7.58. The van der Waals surface area contributed by atoms with Gasteiger partial charge in [0.05, 0.1) is 0 Å². The molecule has 0 bridgehead atoms. The molecule has 1 atom stereocenters. The summed E-state index contributed by atoms with van der Waals surface area (Å²) in [6, 6.07) is 3.87. The summed E-state index contributed by atoms with van der Waals surface area (Å²) >= 11 is 1.84. The third-order valence-electron chi connectivity index (χ3n) is 3.14. The lowest BCUT2D eigenvalue weighted by Crippen LogP contribution is -2.50. The number of aliphatic hydroxyl groups is 1. The topological polar surface area (TPSA) is 65.5 Å². The molecule has 2 rings (SSSR count). The lowest BCUT2D eigenvalue weighted by molar-refractivity contribution is 0.165. The molecule has 2 amide bonds. The molecule has 0 radical (unpaired) electrons. The minimum Gasteiger partial charge on any atom is -0.396 e. The van der Waals surface area contributed by atoms with Gasteiger partial charge >= 0.3 is 6.03 Å². The van der Waals surface area contributed by atoms with Crippen LogP contribution in [0.3, 0.4) is 0 Å². The molecule has 1 saturated heterocycles. The van der Waals surface area contributed by atoms with E-state index >= 15 is 0 Å². The molecule has 0 unspecified atom stereocenters. The molecule has 0 spiro atoms. The summed E-state index contributed by atoms with van der Waals surface area (Å²) in [5.74, 6) is 1.87. The van der Waals surface area contributed by atoms with Gasteiger partial charge in [0.15, 0.2) is 0 Å². The van der Waals surface area contributed by atoms with E-state index in [0.29, 0.717) is 13.0 Å². The summed E-state index contributed by atoms with van der Waals surface area (Å²) in [5.41, 5.74) is 1.04. The van der Waals surface area contributed by atoms with Gasteiger partial charge < -0.3 is 15.3 Å². The SMILES string of the molecule is O=C(NCc1ccncc1)N1CCSC[C@H]1CCO. The molecule has 6 heteroatoms. The maximum Gasteiger partial charge on any atom is 0.317 e. The number of hydrogen-bond donors (Lipinski definition) is 2. The Hall–Kier alpha value is -1.27. The molecule has 2 N–H and O–H groups in total. The number of urea groups is 1. The van der Waals surface area contributed by atoms with Crippen LogP contribution in [0.15, 0.2) is 24.5 Å². The highest BCUT2D eigenvalue weighted by Crippen LogP contribution is 2.18. The number of amides is 2. The van der Waals surface area contributed by atoms with Crippen molar-refractivity contribution in [3.05, 3.63) is 30.1 Å². The number of aromatic nitrogens is 1. The Balaban J connectivity index is 1.87. The highest BCUT2D eigenvalue weighted by molar-refractivity contribution is 7.99. The second-order valence-corrected chi connectivity index (χ2v) is 5.60. The summed E-state index contributed by atoms with van der Waals surface area (Å²) in [6.07, 6.45) is 4.08. The third-order valence-corrected chi connectivity index (χ3v) is 4.24. The van der Waals surface area contributed by atoms with Gasteiger partial charge in [-0.2, -0.15) is 11.8 Å². The molecule has 5 nitrogen and oxygen atoms in total. The standard InChI is InChI=1S/C13H19N3O2S/c17-7-3-12-10-19-8-6-16(12)13(18)15-9-11-1-4-14-5-2-11/h1-2,4-5,12,17H,3,6-10H2,(H,15,18)/t12-/m1/s1. The fourth-order valence-electron chi connectivity index (χ4n) is 2.09. The summed E-state index contributed by atoms with van der Waals surface area (Å²) < 4.78 is 0. The first-order chi connectivity index (χ1) is 9.31. The third kappa shape index (κ3) is 4.11. The van der Waals surface area contributed by atoms with E-state index in [9.17, 15) is 4.79 Å². The van der Waals surface area contributed by atoms with E-state index in [1.54, 1.807) is 12.4 Å². The summed E-state index contributed by atoms with van der Waals surface area (Å²) in [7, 11) is 0. The van der Waals surface area contributed by atoms with Crippen LogP contribution in [0.25, 0.3) is 0 Å². The van der Waals surface area contributed by atoms with Crippen molar-refractivity contribution in [3.8, 4) is 0 Å². The molecule has 1 aliphatic rings. The van der Waals surface area contributed by atoms with Gasteiger partial charge in [0, 0.05) is 49.6 Å². The first kappa shape index (κ1) is 14.1. The van der Waals surface area contributed by atoms with Gasteiger partial charge in [0.1, 0.15) is 0 Å². The van der Waals surface area contributed by atoms with Crippen LogP contribution in [0.4, 0.5) is 4.79 Å². The Kier molecular flexibility index (Phi) is 5.47. The van der Waals surface area contributed by atoms with Crippen LogP contribution in [-0.4, -0.2) is 51.7 Å². The van der Waals surface area contributed by atoms with E-state index in [2.05, 4.69) is 10.3 Å². The van der Waals surface area contributed by atoms with Crippen molar-refractivity contribution in [2.45, 2.75) is 19.0 Å². The van der Waals surface area contributed by atoms with E-state index in [1.807, 2.05) is 28.8 Å². The molecule has 19 heavy (non-hydrogen) atoms. The van der Waals surface area contributed by atoms with Crippen LogP contribution >= 0.6 is 11.8 Å². The molecule has 1 fully saturated rings. The second-order valence-electron chi connectivity index (χ2n) is 4.45. The number of thioether (sulfide) groups is 1. The van der Waals surface area contributed by atoms with E-state index < -0.39 is 0 Å². The molecule has 1 aromatic heterocycles. The van der Waals surface area contributed by atoms with Crippen LogP contribution in [-0.2, 0) is 6.54 Å². The van der Waals surface area contributed by atoms with Crippen LogP contribution in [0.2, 0.25) is 0 Å². The van der Waals surface area contributed by atoms with Gasteiger partial charge in [-0.1, -0.05) is 0 Å². The molecular weight excluding hydrogens is 262 g/mol. The number of carbonyl (C=O) groups excluding carboxylic acids is 1.